The number of methoxy groups -OCH3 is 1. The molecule has 17 heteroatoms. The highest BCUT2D eigenvalue weighted by atomic mass is 35.5. The third-order valence-electron chi connectivity index (χ3n) is 14.6. The van der Waals surface area contributed by atoms with Crippen LogP contribution >= 0.6 is 23.2 Å². The van der Waals surface area contributed by atoms with E-state index < -0.39 is 24.3 Å². The van der Waals surface area contributed by atoms with Crippen LogP contribution in [0.25, 0.3) is 22.5 Å². The van der Waals surface area contributed by atoms with Gasteiger partial charge in [0, 0.05) is 37.0 Å². The molecule has 3 aliphatic rings. The van der Waals surface area contributed by atoms with E-state index in [1.54, 1.807) is 9.80 Å². The van der Waals surface area contributed by atoms with Gasteiger partial charge in [-0.05, 0) is 84.6 Å². The Bertz CT molecular complexity index is 2710. The molecule has 6 atom stereocenters. The van der Waals surface area contributed by atoms with Crippen LogP contribution in [0.1, 0.15) is 139 Å². The molecule has 71 heavy (non-hydrogen) atoms. The third-order valence-corrected chi connectivity index (χ3v) is 15.2. The lowest BCUT2D eigenvalue weighted by molar-refractivity contribution is -0.138. The molecule has 15 nitrogen and oxygen atoms in total. The summed E-state index contributed by atoms with van der Waals surface area (Å²) in [5, 5.41) is 13.2. The molecule has 2 aromatic heterocycles. The number of hydrogen-bond acceptors (Lipinski definition) is 8. The van der Waals surface area contributed by atoms with Crippen molar-refractivity contribution in [1.82, 2.24) is 40.0 Å². The predicted octanol–water partition coefficient (Wildman–Crippen LogP) is 11.5. The Morgan fingerprint density at radius 1 is 0.704 bits per heavy atom. The first-order chi connectivity index (χ1) is 33.8. The number of likely N-dealkylation sites (tertiary alicyclic amines) is 2. The maximum absolute atomic E-state index is 13.9. The zero-order valence-electron chi connectivity index (χ0n) is 42.1. The van der Waals surface area contributed by atoms with Gasteiger partial charge in [-0.2, -0.15) is 0 Å². The number of amides is 4. The average Bonchev–Trinajstić information content (AvgIpc) is 4.21. The van der Waals surface area contributed by atoms with Gasteiger partial charge < -0.3 is 39.8 Å². The van der Waals surface area contributed by atoms with E-state index in [2.05, 4.69) is 114 Å². The standard InChI is InChI=1S/C54H67Cl2N9O6/c1-30(2)42(59-52(68)71-9)50(66)63-28-10-12-40(63)48-57-43(46(55)60-48)34-18-14-32(15-19-34)38-26-27-39(65(38)37-24-22-36(23-25-37)54(5,6)7)33-16-20-35(21-17-33)44-47(56)61-49(58-44)41-13-11-29-64(41)51(67)45(31(3)4)62(8)53(69)70/h14-25,30-31,38-42,45H,10-13,26-29H2,1-9H3,(H,57,60)(H,58,61)(H,59,68)(H,69,70)/t38-,39-,40+,41+,42+,45+/m1/s1. The Balaban J connectivity index is 1.03. The molecule has 0 aliphatic carbocycles. The number of rotatable bonds is 13. The van der Waals surface area contributed by atoms with Gasteiger partial charge in [0.05, 0.1) is 31.3 Å². The van der Waals surface area contributed by atoms with Crippen molar-refractivity contribution in [3.8, 4) is 22.5 Å². The number of anilines is 1. The van der Waals surface area contributed by atoms with E-state index in [9.17, 15) is 24.3 Å². The van der Waals surface area contributed by atoms with Crippen LogP contribution in [0.15, 0.2) is 72.8 Å². The summed E-state index contributed by atoms with van der Waals surface area (Å²) < 4.78 is 4.81. The van der Waals surface area contributed by atoms with E-state index in [-0.39, 0.29) is 53.2 Å². The molecule has 8 rings (SSSR count). The molecule has 3 fully saturated rings. The number of aromatic amines is 2. The number of halogens is 2. The average molecular weight is 1010 g/mol. The van der Waals surface area contributed by atoms with E-state index in [1.165, 1.54) is 19.7 Å². The molecule has 4 N–H and O–H groups in total. The third kappa shape index (κ3) is 10.5. The van der Waals surface area contributed by atoms with Crippen molar-refractivity contribution in [2.75, 3.05) is 32.1 Å². The van der Waals surface area contributed by atoms with Gasteiger partial charge >= 0.3 is 12.2 Å². The van der Waals surface area contributed by atoms with Gasteiger partial charge in [-0.1, -0.05) is 132 Å². The number of carbonyl (C=O) groups is 4. The first-order valence-corrected chi connectivity index (χ1v) is 25.5. The second-order valence-electron chi connectivity index (χ2n) is 20.9. The zero-order valence-corrected chi connectivity index (χ0v) is 43.6. The van der Waals surface area contributed by atoms with E-state index in [0.717, 1.165) is 58.5 Å². The Kier molecular flexibility index (Phi) is 15.1. The van der Waals surface area contributed by atoms with Crippen LogP contribution in [0.2, 0.25) is 10.3 Å². The summed E-state index contributed by atoms with van der Waals surface area (Å²) >= 11 is 13.8. The molecule has 3 aromatic carbocycles. The molecule has 0 radical (unpaired) electrons. The molecular formula is C54H67Cl2N9O6. The van der Waals surface area contributed by atoms with Gasteiger partial charge in [0.2, 0.25) is 11.8 Å². The van der Waals surface area contributed by atoms with Crippen LogP contribution in [-0.4, -0.2) is 103 Å². The second-order valence-corrected chi connectivity index (χ2v) is 21.7. The van der Waals surface area contributed by atoms with Gasteiger partial charge in [0.15, 0.2) is 0 Å². The number of H-pyrrole nitrogens is 2. The number of nitrogens with zero attached hydrogens (tertiary/aromatic N) is 6. The summed E-state index contributed by atoms with van der Waals surface area (Å²) in [5.74, 6) is 0.419. The number of aromatic nitrogens is 4. The molecule has 0 unspecified atom stereocenters. The van der Waals surface area contributed by atoms with Crippen molar-refractivity contribution in [2.24, 2.45) is 11.8 Å². The minimum Gasteiger partial charge on any atom is -0.465 e. The summed E-state index contributed by atoms with van der Waals surface area (Å²) in [5.41, 5.74) is 7.61. The zero-order chi connectivity index (χ0) is 51.1. The Labute approximate surface area is 426 Å². The van der Waals surface area contributed by atoms with Gasteiger partial charge in [-0.15, -0.1) is 0 Å². The highest BCUT2D eigenvalue weighted by Gasteiger charge is 2.41. The number of alkyl carbamates (subject to hydrolysis) is 1. The number of hydrogen-bond donors (Lipinski definition) is 4. The molecule has 3 aliphatic heterocycles. The van der Waals surface area contributed by atoms with Crippen molar-refractivity contribution in [2.45, 2.75) is 129 Å². The fraction of sp³-hybridized carbons (Fsp3) is 0.481. The molecule has 0 bridgehead atoms. The largest absolute Gasteiger partial charge is 0.465 e. The summed E-state index contributed by atoms with van der Waals surface area (Å²) in [7, 11) is 2.73. The number of imidazole rings is 2. The van der Waals surface area contributed by atoms with E-state index in [1.807, 2.05) is 27.7 Å². The SMILES string of the molecule is COC(=O)N[C@H](C(=O)N1CCC[C@H]1c1nc(-c2ccc([C@H]3CC[C@H](c4ccc(-c5nc([C@@H]6CCCN6C(=O)[C@H](C(C)C)N(C)C(=O)O)[nH]c5Cl)cc4)N3c3ccc(C(C)(C)C)cc3)cc2)c(Cl)[nH]1)C(C)C. The van der Waals surface area contributed by atoms with Crippen LogP contribution in [0, 0.1) is 11.8 Å². The summed E-state index contributed by atoms with van der Waals surface area (Å²) in [4.78, 5) is 75.3. The highest BCUT2D eigenvalue weighted by Crippen LogP contribution is 2.48. The second kappa shape index (κ2) is 21.0. The summed E-state index contributed by atoms with van der Waals surface area (Å²) in [6, 6.07) is 23.7. The number of nitrogens with one attached hydrogen (secondary N) is 3. The first kappa shape index (κ1) is 51.3. The number of carboxylic acid groups (broad SMARTS) is 1. The topological polar surface area (TPSA) is 180 Å². The molecular weight excluding hydrogens is 942 g/mol. The normalized spacial score (nSPS) is 20.2. The fourth-order valence-electron chi connectivity index (χ4n) is 10.8. The molecule has 5 heterocycles. The summed E-state index contributed by atoms with van der Waals surface area (Å²) in [6.07, 6.45) is 3.00. The van der Waals surface area contributed by atoms with Gasteiger partial charge in [-0.25, -0.2) is 19.6 Å². The number of ether oxygens (including phenoxy) is 1. The summed E-state index contributed by atoms with van der Waals surface area (Å²) in [6.45, 7) is 15.2. The first-order valence-electron chi connectivity index (χ1n) is 24.8. The van der Waals surface area contributed by atoms with Crippen molar-refractivity contribution in [3.05, 3.63) is 111 Å². The van der Waals surface area contributed by atoms with Crippen LogP contribution in [-0.2, 0) is 19.7 Å². The van der Waals surface area contributed by atoms with Crippen molar-refractivity contribution >= 4 is 52.9 Å². The monoisotopic (exact) mass is 1010 g/mol. The molecule has 4 amide bonds. The fourth-order valence-corrected chi connectivity index (χ4v) is 11.3. The maximum Gasteiger partial charge on any atom is 0.407 e. The number of benzene rings is 3. The molecule has 378 valence electrons. The molecule has 0 spiro atoms. The minimum absolute atomic E-state index is 0.00224. The Hall–Kier alpha value is -6.06. The smallest absolute Gasteiger partial charge is 0.407 e. The number of likely N-dealkylation sites (N-methyl/N-ethyl adjacent to an activating group) is 1. The maximum atomic E-state index is 13.9. The Morgan fingerprint density at radius 2 is 1.17 bits per heavy atom. The van der Waals surface area contributed by atoms with Crippen molar-refractivity contribution in [3.63, 3.8) is 0 Å². The quantitative estimate of drug-likeness (QED) is 0.0893. The van der Waals surface area contributed by atoms with Crippen molar-refractivity contribution in [1.29, 1.82) is 0 Å². The van der Waals surface area contributed by atoms with E-state index >= 15 is 0 Å². The lowest BCUT2D eigenvalue weighted by Gasteiger charge is -2.34. The van der Waals surface area contributed by atoms with Gasteiger partial charge in [-0.3, -0.25) is 14.5 Å². The van der Waals surface area contributed by atoms with Gasteiger partial charge in [0.1, 0.15) is 45.4 Å². The molecule has 5 aromatic rings. The van der Waals surface area contributed by atoms with Crippen LogP contribution in [0.3, 0.4) is 0 Å². The minimum atomic E-state index is -1.14. The van der Waals surface area contributed by atoms with Crippen LogP contribution in [0.5, 0.6) is 0 Å². The lowest BCUT2D eigenvalue weighted by atomic mass is 9.87. The Morgan fingerprint density at radius 3 is 1.58 bits per heavy atom. The van der Waals surface area contributed by atoms with Crippen LogP contribution < -0.4 is 10.2 Å². The highest BCUT2D eigenvalue weighted by molar-refractivity contribution is 6.32. The molecule has 3 saturated heterocycles. The predicted molar refractivity (Wildman–Crippen MR) is 276 cm³/mol. The molecule has 0 saturated carbocycles. The number of carbonyl (C=O) groups excluding carboxylic acids is 3. The van der Waals surface area contributed by atoms with E-state index in [4.69, 9.17) is 37.9 Å². The van der Waals surface area contributed by atoms with E-state index in [0.29, 0.717) is 59.3 Å². The van der Waals surface area contributed by atoms with Crippen molar-refractivity contribution < 1.29 is 29.0 Å². The van der Waals surface area contributed by atoms with Gasteiger partial charge in [0.25, 0.3) is 0 Å². The van der Waals surface area contributed by atoms with Crippen LogP contribution in [0.4, 0.5) is 15.3 Å². The lowest BCUT2D eigenvalue weighted by Crippen LogP contribution is -2.51.